The zero-order chi connectivity index (χ0) is 15.4. The van der Waals surface area contributed by atoms with E-state index in [9.17, 15) is 10.0 Å². The van der Waals surface area contributed by atoms with Crippen molar-refractivity contribution in [2.45, 2.75) is 39.7 Å². The van der Waals surface area contributed by atoms with Gasteiger partial charge in [-0.05, 0) is 41.9 Å². The van der Waals surface area contributed by atoms with E-state index in [2.05, 4.69) is 24.8 Å². The van der Waals surface area contributed by atoms with Crippen LogP contribution < -0.4 is 5.39 Å². The van der Waals surface area contributed by atoms with Crippen molar-refractivity contribution in [3.8, 4) is 0 Å². The largest absolute Gasteiger partial charge is 0.566 e. The molecule has 21 heavy (non-hydrogen) atoms. The van der Waals surface area contributed by atoms with Gasteiger partial charge in [0.2, 0.25) is 0 Å². The summed E-state index contributed by atoms with van der Waals surface area (Å²) in [5.74, 6) is -0.360. The molecule has 1 aliphatic carbocycles. The van der Waals surface area contributed by atoms with Crippen LogP contribution in [0.4, 0.5) is 0 Å². The molecule has 2 aliphatic rings. The summed E-state index contributed by atoms with van der Waals surface area (Å²) in [6.07, 6.45) is 1.16. The maximum absolute atomic E-state index is 12.2. The average Bonchev–Trinajstić information content (AvgIpc) is 2.83. The number of aryl methyl sites for hydroxylation is 1. The molecule has 114 valence electrons. The molecule has 0 radical (unpaired) electrons. The van der Waals surface area contributed by atoms with Gasteiger partial charge in [-0.25, -0.2) is 4.79 Å². The van der Waals surface area contributed by atoms with Crippen LogP contribution in [0.1, 0.15) is 52.6 Å². The highest BCUT2D eigenvalue weighted by molar-refractivity contribution is 5.97. The predicted octanol–water partition coefficient (Wildman–Crippen LogP) is 1.03. The van der Waals surface area contributed by atoms with Gasteiger partial charge in [0, 0.05) is 5.56 Å². The van der Waals surface area contributed by atoms with Crippen molar-refractivity contribution < 1.29 is 25.0 Å². The van der Waals surface area contributed by atoms with Crippen LogP contribution in [0.3, 0.4) is 0 Å². The van der Waals surface area contributed by atoms with Gasteiger partial charge in [0.05, 0.1) is 5.56 Å². The molecule has 1 aromatic rings. The molecule has 2 atom stereocenters. The molecular formula is C15H19NO5. The molecule has 0 bridgehead atoms. The molecule has 0 aromatic heterocycles. The molecule has 6 nitrogen and oxygen atoms in total. The zero-order valence-corrected chi connectivity index (χ0v) is 12.4. The van der Waals surface area contributed by atoms with Crippen LogP contribution in [-0.4, -0.2) is 17.8 Å². The topological polar surface area (TPSA) is 83.3 Å². The van der Waals surface area contributed by atoms with E-state index in [0.717, 1.165) is 29.5 Å². The average molecular weight is 293 g/mol. The van der Waals surface area contributed by atoms with Crippen LogP contribution in [0, 0.1) is 17.5 Å². The molecule has 0 amide bonds. The number of carbonyl (C=O) groups is 1. The monoisotopic (exact) mass is 293 g/mol. The Morgan fingerprint density at radius 2 is 2.24 bits per heavy atom. The lowest BCUT2D eigenvalue weighted by atomic mass is 9.89. The third-order valence-electron chi connectivity index (χ3n) is 4.23. The summed E-state index contributed by atoms with van der Waals surface area (Å²) >= 11 is 0. The summed E-state index contributed by atoms with van der Waals surface area (Å²) in [6.45, 7) is 6.14. The lowest BCUT2D eigenvalue weighted by molar-refractivity contribution is -1.21. The van der Waals surface area contributed by atoms with Gasteiger partial charge in [0.15, 0.2) is 12.7 Å². The van der Waals surface area contributed by atoms with E-state index in [1.165, 1.54) is 5.56 Å². The SMILES string of the molecule is Cc1cc2c(c3c1[C@@H](CO[NH+]([O-])O)OC3=O)CC(C)(C)C2. The number of hydrogen-bond donors (Lipinski definition) is 2. The van der Waals surface area contributed by atoms with Crippen LogP contribution in [-0.2, 0) is 22.4 Å². The Bertz CT molecular complexity index is 609. The molecule has 0 fully saturated rings. The third-order valence-corrected chi connectivity index (χ3v) is 4.23. The van der Waals surface area contributed by atoms with E-state index < -0.39 is 11.5 Å². The number of quaternary nitrogens is 1. The minimum Gasteiger partial charge on any atom is -0.566 e. The zero-order valence-electron chi connectivity index (χ0n) is 12.4. The van der Waals surface area contributed by atoms with Crippen molar-refractivity contribution in [1.29, 1.82) is 0 Å². The smallest absolute Gasteiger partial charge is 0.339 e. The van der Waals surface area contributed by atoms with Crippen LogP contribution in [0.2, 0.25) is 0 Å². The van der Waals surface area contributed by atoms with Crippen LogP contribution in [0.25, 0.3) is 0 Å². The van der Waals surface area contributed by atoms with E-state index in [1.807, 2.05) is 6.92 Å². The molecule has 2 N–H and O–H groups in total. The third kappa shape index (κ3) is 2.44. The van der Waals surface area contributed by atoms with Gasteiger partial charge in [0.1, 0.15) is 0 Å². The van der Waals surface area contributed by atoms with Crippen LogP contribution in [0.15, 0.2) is 6.07 Å². The number of carbonyl (C=O) groups excluding carboxylic acids is 1. The second-order valence-corrected chi connectivity index (χ2v) is 6.61. The summed E-state index contributed by atoms with van der Waals surface area (Å²) in [4.78, 5) is 16.8. The highest BCUT2D eigenvalue weighted by Crippen LogP contribution is 2.44. The number of cyclic esters (lactones) is 1. The second kappa shape index (κ2) is 4.78. The standard InChI is InChI=1S/C15H19NO5/c1-8-4-9-5-15(2,3)6-10(9)13-12(8)11(21-14(13)17)7-20-16(18)19/h4,11,16,18H,5-7H2,1-3H3/t11-/m1/s1. The van der Waals surface area contributed by atoms with E-state index in [4.69, 9.17) is 9.94 Å². The number of benzene rings is 1. The Hall–Kier alpha value is -1.47. The van der Waals surface area contributed by atoms with E-state index >= 15 is 0 Å². The number of ether oxygens (including phenoxy) is 1. The predicted molar refractivity (Wildman–Crippen MR) is 72.6 cm³/mol. The molecule has 1 aliphatic heterocycles. The summed E-state index contributed by atoms with van der Waals surface area (Å²) in [6, 6.07) is 2.10. The molecular weight excluding hydrogens is 274 g/mol. The highest BCUT2D eigenvalue weighted by atomic mass is 17.1. The van der Waals surface area contributed by atoms with Crippen molar-refractivity contribution in [3.05, 3.63) is 39.1 Å². The highest BCUT2D eigenvalue weighted by Gasteiger charge is 2.41. The maximum Gasteiger partial charge on any atom is 0.339 e. The minimum atomic E-state index is -1.36. The number of fused-ring (bicyclic) bond motifs is 3. The number of esters is 1. The van der Waals surface area contributed by atoms with Gasteiger partial charge < -0.3 is 9.94 Å². The fourth-order valence-corrected chi connectivity index (χ4v) is 3.52. The first-order valence-corrected chi connectivity index (χ1v) is 7.00. The van der Waals surface area contributed by atoms with E-state index in [-0.39, 0.29) is 18.0 Å². The first-order chi connectivity index (χ1) is 9.78. The fourth-order valence-electron chi connectivity index (χ4n) is 3.52. The van der Waals surface area contributed by atoms with Gasteiger partial charge in [-0.3, -0.25) is 0 Å². The Balaban J connectivity index is 2.02. The molecule has 6 heteroatoms. The van der Waals surface area contributed by atoms with Crippen molar-refractivity contribution in [2.75, 3.05) is 6.61 Å². The number of hydrogen-bond acceptors (Lipinski definition) is 5. The molecule has 0 saturated heterocycles. The van der Waals surface area contributed by atoms with Gasteiger partial charge in [-0.2, -0.15) is 10.0 Å². The fraction of sp³-hybridized carbons (Fsp3) is 0.533. The van der Waals surface area contributed by atoms with Gasteiger partial charge >= 0.3 is 5.97 Å². The quantitative estimate of drug-likeness (QED) is 0.642. The first kappa shape index (κ1) is 14.5. The molecule has 0 saturated carbocycles. The van der Waals surface area contributed by atoms with Gasteiger partial charge in [-0.1, -0.05) is 25.3 Å². The lowest BCUT2D eigenvalue weighted by Crippen LogP contribution is -3.03. The van der Waals surface area contributed by atoms with E-state index in [0.29, 0.717) is 5.56 Å². The minimum absolute atomic E-state index is 0.139. The summed E-state index contributed by atoms with van der Waals surface area (Å²) in [7, 11) is 0. The van der Waals surface area contributed by atoms with Gasteiger partial charge in [0.25, 0.3) is 0 Å². The number of rotatable bonds is 3. The van der Waals surface area contributed by atoms with Crippen molar-refractivity contribution >= 4 is 5.97 Å². The number of nitrogens with one attached hydrogen (secondary N) is 1. The first-order valence-electron chi connectivity index (χ1n) is 7.00. The summed E-state index contributed by atoms with van der Waals surface area (Å²) in [5.41, 5.74) is 4.79. The van der Waals surface area contributed by atoms with Gasteiger partial charge in [-0.15, -0.1) is 0 Å². The maximum atomic E-state index is 12.2. The Morgan fingerprint density at radius 1 is 1.52 bits per heavy atom. The van der Waals surface area contributed by atoms with Crippen molar-refractivity contribution in [1.82, 2.24) is 0 Å². The molecule has 1 unspecified atom stereocenters. The molecule has 1 heterocycles. The van der Waals surface area contributed by atoms with E-state index in [1.54, 1.807) is 0 Å². The summed E-state index contributed by atoms with van der Waals surface area (Å²) < 4.78 is 5.33. The Kier molecular flexibility index (Phi) is 3.29. The van der Waals surface area contributed by atoms with Crippen molar-refractivity contribution in [3.63, 3.8) is 0 Å². The molecule has 0 spiro atoms. The lowest BCUT2D eigenvalue weighted by Gasteiger charge is -2.15. The summed E-state index contributed by atoms with van der Waals surface area (Å²) in [5, 5.41) is 17.8. The van der Waals surface area contributed by atoms with Crippen LogP contribution in [0.5, 0.6) is 0 Å². The molecule has 1 aromatic carbocycles. The normalized spacial score (nSPS) is 23.7. The molecule has 3 rings (SSSR count). The van der Waals surface area contributed by atoms with Crippen molar-refractivity contribution in [2.24, 2.45) is 5.41 Å². The Morgan fingerprint density at radius 3 is 2.90 bits per heavy atom. The van der Waals surface area contributed by atoms with Crippen LogP contribution >= 0.6 is 0 Å². The second-order valence-electron chi connectivity index (χ2n) is 6.61. The Labute approximate surface area is 122 Å².